The van der Waals surface area contributed by atoms with Crippen LogP contribution in [0.2, 0.25) is 10.0 Å². The van der Waals surface area contributed by atoms with Gasteiger partial charge in [-0.2, -0.15) is 0 Å². The second kappa shape index (κ2) is 4.27. The highest BCUT2D eigenvalue weighted by molar-refractivity contribution is 6.42. The lowest BCUT2D eigenvalue weighted by atomic mass is 10.1. The molecule has 0 aliphatic heterocycles. The summed E-state index contributed by atoms with van der Waals surface area (Å²) in [6.45, 7) is 1.76. The summed E-state index contributed by atoms with van der Waals surface area (Å²) in [5.74, 6) is -0.636. The first kappa shape index (κ1) is 10.8. The van der Waals surface area contributed by atoms with E-state index in [9.17, 15) is 9.50 Å². The standard InChI is InChI=1S/C9H9Cl2FO/c1-2-7(13)5-3-4-6(10)8(11)9(5)12/h3-4,7,13H,2H2,1H3. The Bertz CT molecular complexity index is 315. The lowest BCUT2D eigenvalue weighted by Gasteiger charge is -2.10. The van der Waals surface area contributed by atoms with Crippen LogP contribution in [0, 0.1) is 5.82 Å². The molecule has 0 fully saturated rings. The highest BCUT2D eigenvalue weighted by Crippen LogP contribution is 2.30. The molecule has 0 saturated carbocycles. The van der Waals surface area contributed by atoms with Crippen LogP contribution in [-0.2, 0) is 0 Å². The van der Waals surface area contributed by atoms with Crippen LogP contribution in [0.1, 0.15) is 25.0 Å². The Morgan fingerprint density at radius 2 is 2.08 bits per heavy atom. The topological polar surface area (TPSA) is 20.2 Å². The van der Waals surface area contributed by atoms with Gasteiger partial charge in [-0.05, 0) is 12.5 Å². The van der Waals surface area contributed by atoms with Crippen LogP contribution in [0.15, 0.2) is 12.1 Å². The fraction of sp³-hybridized carbons (Fsp3) is 0.333. The number of halogens is 3. The Morgan fingerprint density at radius 3 is 2.62 bits per heavy atom. The van der Waals surface area contributed by atoms with Crippen LogP contribution in [0.3, 0.4) is 0 Å². The van der Waals surface area contributed by atoms with Crippen molar-refractivity contribution in [1.29, 1.82) is 0 Å². The minimum atomic E-state index is -0.824. The van der Waals surface area contributed by atoms with E-state index in [1.165, 1.54) is 12.1 Å². The summed E-state index contributed by atoms with van der Waals surface area (Å²) in [6, 6.07) is 2.92. The molecule has 1 aromatic carbocycles. The molecule has 1 atom stereocenters. The van der Waals surface area contributed by atoms with Gasteiger partial charge in [-0.3, -0.25) is 0 Å². The summed E-state index contributed by atoms with van der Waals surface area (Å²) in [6.07, 6.45) is -0.385. The molecule has 0 aromatic heterocycles. The first-order chi connectivity index (χ1) is 6.07. The monoisotopic (exact) mass is 222 g/mol. The molecule has 1 unspecified atom stereocenters. The third-order valence-corrected chi connectivity index (χ3v) is 2.59. The van der Waals surface area contributed by atoms with Gasteiger partial charge in [0.15, 0.2) is 0 Å². The Balaban J connectivity index is 3.18. The second-order valence-electron chi connectivity index (χ2n) is 2.69. The Hall–Kier alpha value is -0.310. The Labute approximate surface area is 86.1 Å². The summed E-state index contributed by atoms with van der Waals surface area (Å²) >= 11 is 11.1. The van der Waals surface area contributed by atoms with Gasteiger partial charge in [0.1, 0.15) is 5.82 Å². The zero-order valence-electron chi connectivity index (χ0n) is 7.02. The number of hydrogen-bond donors (Lipinski definition) is 1. The molecule has 1 N–H and O–H groups in total. The van der Waals surface area contributed by atoms with Crippen molar-refractivity contribution in [3.63, 3.8) is 0 Å². The maximum atomic E-state index is 13.3. The Kier molecular flexibility index (Phi) is 3.54. The highest BCUT2D eigenvalue weighted by atomic mass is 35.5. The number of aliphatic hydroxyl groups excluding tert-OH is 1. The molecule has 4 heteroatoms. The van der Waals surface area contributed by atoms with Crippen molar-refractivity contribution in [2.45, 2.75) is 19.4 Å². The first-order valence-corrected chi connectivity index (χ1v) is 4.65. The molecule has 0 heterocycles. The SMILES string of the molecule is CCC(O)c1ccc(Cl)c(Cl)c1F. The van der Waals surface area contributed by atoms with E-state index >= 15 is 0 Å². The van der Waals surface area contributed by atoms with Gasteiger partial charge in [-0.15, -0.1) is 0 Å². The number of hydrogen-bond acceptors (Lipinski definition) is 1. The minimum absolute atomic E-state index is 0.133. The average Bonchev–Trinajstić information content (AvgIpc) is 2.13. The van der Waals surface area contributed by atoms with E-state index in [1.807, 2.05) is 0 Å². The van der Waals surface area contributed by atoms with Gasteiger partial charge >= 0.3 is 0 Å². The van der Waals surface area contributed by atoms with Crippen LogP contribution in [0.25, 0.3) is 0 Å². The van der Waals surface area contributed by atoms with E-state index in [1.54, 1.807) is 6.92 Å². The zero-order valence-corrected chi connectivity index (χ0v) is 8.53. The van der Waals surface area contributed by atoms with Crippen molar-refractivity contribution < 1.29 is 9.50 Å². The summed E-state index contributed by atoms with van der Waals surface area (Å²) in [4.78, 5) is 0. The first-order valence-electron chi connectivity index (χ1n) is 3.89. The molecule has 0 aliphatic rings. The summed E-state index contributed by atoms with van der Waals surface area (Å²) in [7, 11) is 0. The second-order valence-corrected chi connectivity index (χ2v) is 3.47. The van der Waals surface area contributed by atoms with Crippen molar-refractivity contribution in [3.05, 3.63) is 33.6 Å². The normalized spacial score (nSPS) is 13.0. The molecule has 0 bridgehead atoms. The van der Waals surface area contributed by atoms with E-state index in [0.717, 1.165) is 0 Å². The quantitative estimate of drug-likeness (QED) is 0.759. The van der Waals surface area contributed by atoms with Crippen LogP contribution < -0.4 is 0 Å². The fourth-order valence-electron chi connectivity index (χ4n) is 1.02. The van der Waals surface area contributed by atoms with Gasteiger partial charge in [-0.1, -0.05) is 36.2 Å². The fourth-order valence-corrected chi connectivity index (χ4v) is 1.34. The molecule has 0 radical (unpaired) electrons. The van der Waals surface area contributed by atoms with Crippen LogP contribution in [0.5, 0.6) is 0 Å². The minimum Gasteiger partial charge on any atom is -0.388 e. The van der Waals surface area contributed by atoms with E-state index in [0.29, 0.717) is 6.42 Å². The van der Waals surface area contributed by atoms with Gasteiger partial charge in [-0.25, -0.2) is 4.39 Å². The maximum Gasteiger partial charge on any atom is 0.149 e. The van der Waals surface area contributed by atoms with Gasteiger partial charge in [0, 0.05) is 5.56 Å². The summed E-state index contributed by atoms with van der Waals surface area (Å²) in [5, 5.41) is 9.41. The van der Waals surface area contributed by atoms with Crippen LogP contribution >= 0.6 is 23.2 Å². The Morgan fingerprint density at radius 1 is 1.46 bits per heavy atom. The van der Waals surface area contributed by atoms with Crippen LogP contribution in [0.4, 0.5) is 4.39 Å². The van der Waals surface area contributed by atoms with Crippen molar-refractivity contribution in [1.82, 2.24) is 0 Å². The molecule has 72 valence electrons. The molecule has 0 spiro atoms. The molecule has 1 rings (SSSR count). The molecule has 0 amide bonds. The lowest BCUT2D eigenvalue weighted by Crippen LogP contribution is -1.99. The van der Waals surface area contributed by atoms with E-state index in [4.69, 9.17) is 23.2 Å². The smallest absolute Gasteiger partial charge is 0.149 e. The van der Waals surface area contributed by atoms with Crippen molar-refractivity contribution >= 4 is 23.2 Å². The lowest BCUT2D eigenvalue weighted by molar-refractivity contribution is 0.169. The van der Waals surface area contributed by atoms with Crippen molar-refractivity contribution in [2.24, 2.45) is 0 Å². The number of benzene rings is 1. The molecular weight excluding hydrogens is 214 g/mol. The van der Waals surface area contributed by atoms with Gasteiger partial charge in [0.05, 0.1) is 16.1 Å². The predicted molar refractivity (Wildman–Crippen MR) is 51.7 cm³/mol. The van der Waals surface area contributed by atoms with Crippen molar-refractivity contribution in [2.75, 3.05) is 0 Å². The molecular formula is C9H9Cl2FO. The van der Waals surface area contributed by atoms with E-state index in [-0.39, 0.29) is 15.6 Å². The van der Waals surface area contributed by atoms with Gasteiger partial charge in [0.25, 0.3) is 0 Å². The van der Waals surface area contributed by atoms with Gasteiger partial charge < -0.3 is 5.11 Å². The zero-order chi connectivity index (χ0) is 10.0. The highest BCUT2D eigenvalue weighted by Gasteiger charge is 2.15. The summed E-state index contributed by atoms with van der Waals surface area (Å²) < 4.78 is 13.3. The molecule has 1 aromatic rings. The summed E-state index contributed by atoms with van der Waals surface area (Å²) in [5.41, 5.74) is 0.192. The molecule has 0 saturated heterocycles. The molecule has 13 heavy (non-hydrogen) atoms. The molecule has 1 nitrogen and oxygen atoms in total. The predicted octanol–water partition coefficient (Wildman–Crippen LogP) is 3.58. The van der Waals surface area contributed by atoms with Crippen LogP contribution in [-0.4, -0.2) is 5.11 Å². The number of aliphatic hydroxyl groups is 1. The third-order valence-electron chi connectivity index (χ3n) is 1.81. The molecule has 0 aliphatic carbocycles. The third kappa shape index (κ3) is 2.13. The maximum absolute atomic E-state index is 13.3. The van der Waals surface area contributed by atoms with E-state index in [2.05, 4.69) is 0 Å². The van der Waals surface area contributed by atoms with Crippen molar-refractivity contribution in [3.8, 4) is 0 Å². The van der Waals surface area contributed by atoms with Gasteiger partial charge in [0.2, 0.25) is 0 Å². The van der Waals surface area contributed by atoms with E-state index < -0.39 is 11.9 Å². The average molecular weight is 223 g/mol. The number of rotatable bonds is 2. The largest absolute Gasteiger partial charge is 0.388 e.